The number of fused-ring (bicyclic) bond motifs is 1. The van der Waals surface area contributed by atoms with E-state index in [0.29, 0.717) is 11.8 Å². The van der Waals surface area contributed by atoms with Gasteiger partial charge in [0.1, 0.15) is 11.6 Å². The van der Waals surface area contributed by atoms with Crippen LogP contribution < -0.4 is 0 Å². The maximum Gasteiger partial charge on any atom is 0.125 e. The molecule has 4 heteroatoms. The van der Waals surface area contributed by atoms with E-state index in [1.165, 1.54) is 37.0 Å². The molecule has 1 aliphatic carbocycles. The van der Waals surface area contributed by atoms with Crippen molar-refractivity contribution in [2.24, 2.45) is 5.92 Å². The smallest absolute Gasteiger partial charge is 0.125 e. The fraction of sp³-hybridized carbons (Fsp3) is 0.350. The zero-order chi connectivity index (χ0) is 16.7. The Labute approximate surface area is 146 Å². The van der Waals surface area contributed by atoms with E-state index < -0.39 is 0 Å². The third kappa shape index (κ3) is 2.71. The number of nitrogens with zero attached hydrogens (tertiary/aromatic N) is 2. The molecular formula is C20H20ClFN2. The first kappa shape index (κ1) is 15.6. The molecule has 1 aromatic heterocycles. The van der Waals surface area contributed by atoms with Crippen LogP contribution in [0.5, 0.6) is 0 Å². The summed E-state index contributed by atoms with van der Waals surface area (Å²) in [5.41, 5.74) is 2.93. The lowest BCUT2D eigenvalue weighted by Gasteiger charge is -2.35. The van der Waals surface area contributed by atoms with Gasteiger partial charge in [-0.25, -0.2) is 9.37 Å². The summed E-state index contributed by atoms with van der Waals surface area (Å²) in [5, 5.41) is 0.738. The Kier molecular flexibility index (Phi) is 4.05. The first-order valence-electron chi connectivity index (χ1n) is 8.56. The molecule has 0 saturated heterocycles. The molecule has 0 amide bonds. The molecule has 1 heterocycles. The Bertz CT molecular complexity index is 867. The normalized spacial score (nSPS) is 20.3. The first-order chi connectivity index (χ1) is 11.7. The number of halogens is 2. The van der Waals surface area contributed by atoms with Gasteiger partial charge in [-0.3, -0.25) is 0 Å². The molecule has 2 nitrogen and oxygen atoms in total. The molecule has 0 N–H and O–H groups in total. The van der Waals surface area contributed by atoms with Gasteiger partial charge in [-0.15, -0.1) is 0 Å². The highest BCUT2D eigenvalue weighted by molar-refractivity contribution is 6.30. The van der Waals surface area contributed by atoms with Crippen LogP contribution in [0.3, 0.4) is 0 Å². The van der Waals surface area contributed by atoms with Crippen molar-refractivity contribution in [3.63, 3.8) is 0 Å². The lowest BCUT2D eigenvalue weighted by atomic mass is 9.72. The highest BCUT2D eigenvalue weighted by Gasteiger charge is 2.34. The first-order valence-corrected chi connectivity index (χ1v) is 8.93. The Morgan fingerprint density at radius 1 is 1.17 bits per heavy atom. The molecule has 1 fully saturated rings. The number of hydrogen-bond donors (Lipinski definition) is 0. The lowest BCUT2D eigenvalue weighted by Crippen LogP contribution is -2.26. The van der Waals surface area contributed by atoms with Crippen molar-refractivity contribution < 1.29 is 4.39 Å². The quantitative estimate of drug-likeness (QED) is 0.587. The van der Waals surface area contributed by atoms with Gasteiger partial charge in [-0.05, 0) is 48.6 Å². The summed E-state index contributed by atoms with van der Waals surface area (Å²) >= 11 is 6.00. The number of imidazole rings is 1. The van der Waals surface area contributed by atoms with E-state index in [-0.39, 0.29) is 5.82 Å². The summed E-state index contributed by atoms with van der Waals surface area (Å²) in [6.07, 6.45) is 3.60. The van der Waals surface area contributed by atoms with E-state index in [1.807, 2.05) is 30.3 Å². The summed E-state index contributed by atoms with van der Waals surface area (Å²) in [6.45, 7) is 2.98. The number of benzene rings is 2. The van der Waals surface area contributed by atoms with Crippen molar-refractivity contribution in [1.82, 2.24) is 9.55 Å². The molecule has 2 aromatic carbocycles. The molecule has 4 rings (SSSR count). The van der Waals surface area contributed by atoms with E-state index in [1.54, 1.807) is 0 Å². The molecule has 1 aliphatic rings. The Hall–Kier alpha value is -1.87. The molecule has 124 valence electrons. The Balaban J connectivity index is 1.80. The van der Waals surface area contributed by atoms with E-state index in [4.69, 9.17) is 16.6 Å². The van der Waals surface area contributed by atoms with Gasteiger partial charge in [0.15, 0.2) is 0 Å². The van der Waals surface area contributed by atoms with Crippen LogP contribution in [0.25, 0.3) is 11.0 Å². The van der Waals surface area contributed by atoms with Crippen molar-refractivity contribution in [1.29, 1.82) is 0 Å². The van der Waals surface area contributed by atoms with Crippen LogP contribution in [0.2, 0.25) is 5.02 Å². The zero-order valence-electron chi connectivity index (χ0n) is 13.7. The third-order valence-corrected chi connectivity index (χ3v) is 5.52. The summed E-state index contributed by atoms with van der Waals surface area (Å²) < 4.78 is 15.9. The van der Waals surface area contributed by atoms with E-state index in [0.717, 1.165) is 28.4 Å². The van der Waals surface area contributed by atoms with Gasteiger partial charge in [0.25, 0.3) is 0 Å². The van der Waals surface area contributed by atoms with E-state index in [9.17, 15) is 4.39 Å². The van der Waals surface area contributed by atoms with Crippen LogP contribution in [0.15, 0.2) is 42.5 Å². The largest absolute Gasteiger partial charge is 0.323 e. The Morgan fingerprint density at radius 2 is 1.96 bits per heavy atom. The number of aromatic nitrogens is 2. The highest BCUT2D eigenvalue weighted by atomic mass is 35.5. The van der Waals surface area contributed by atoms with Gasteiger partial charge in [0, 0.05) is 23.6 Å². The number of hydrogen-bond acceptors (Lipinski definition) is 1. The maximum absolute atomic E-state index is 13.6. The summed E-state index contributed by atoms with van der Waals surface area (Å²) in [4.78, 5) is 4.80. The molecule has 0 spiro atoms. The van der Waals surface area contributed by atoms with Crippen molar-refractivity contribution in [3.8, 4) is 0 Å². The average molecular weight is 343 g/mol. The SMILES string of the molecule is CC[C@@H]1CC[C@H]1c1nc2cc(F)ccc2n1Cc1ccc(Cl)cc1. The fourth-order valence-corrected chi connectivity index (χ4v) is 3.87. The summed E-state index contributed by atoms with van der Waals surface area (Å²) in [6, 6.07) is 12.8. The second-order valence-corrected chi connectivity index (χ2v) is 7.10. The predicted molar refractivity (Wildman–Crippen MR) is 96.0 cm³/mol. The standard InChI is InChI=1S/C20H20ClFN2/c1-2-14-5-9-17(14)20-23-18-11-16(22)8-10-19(18)24(20)12-13-3-6-15(21)7-4-13/h3-4,6-8,10-11,14,17H,2,5,9,12H2,1H3/t14-,17-/m1/s1. The van der Waals surface area contributed by atoms with Crippen molar-refractivity contribution >= 4 is 22.6 Å². The van der Waals surface area contributed by atoms with Gasteiger partial charge >= 0.3 is 0 Å². The van der Waals surface area contributed by atoms with Gasteiger partial charge in [0.05, 0.1) is 11.0 Å². The molecule has 2 atom stereocenters. The van der Waals surface area contributed by atoms with Crippen molar-refractivity contribution in [3.05, 3.63) is 64.7 Å². The van der Waals surface area contributed by atoms with Crippen LogP contribution in [-0.2, 0) is 6.54 Å². The van der Waals surface area contributed by atoms with Crippen LogP contribution in [-0.4, -0.2) is 9.55 Å². The molecule has 3 aromatic rings. The zero-order valence-corrected chi connectivity index (χ0v) is 14.4. The number of rotatable bonds is 4. The third-order valence-electron chi connectivity index (χ3n) is 5.27. The minimum atomic E-state index is -0.231. The second kappa shape index (κ2) is 6.21. The molecule has 0 radical (unpaired) electrons. The van der Waals surface area contributed by atoms with Crippen LogP contribution in [0, 0.1) is 11.7 Å². The predicted octanol–water partition coefficient (Wildman–Crippen LogP) is 5.78. The monoisotopic (exact) mass is 342 g/mol. The van der Waals surface area contributed by atoms with E-state index >= 15 is 0 Å². The summed E-state index contributed by atoms with van der Waals surface area (Å²) in [7, 11) is 0. The summed E-state index contributed by atoms with van der Waals surface area (Å²) in [5.74, 6) is 2.04. The van der Waals surface area contributed by atoms with Gasteiger partial charge in [-0.1, -0.05) is 37.1 Å². The highest BCUT2D eigenvalue weighted by Crippen LogP contribution is 2.44. The van der Waals surface area contributed by atoms with Crippen LogP contribution >= 0.6 is 11.6 Å². The molecular weight excluding hydrogens is 323 g/mol. The molecule has 0 bridgehead atoms. The van der Waals surface area contributed by atoms with Crippen LogP contribution in [0.4, 0.5) is 4.39 Å². The van der Waals surface area contributed by atoms with Gasteiger partial charge in [-0.2, -0.15) is 0 Å². The molecule has 0 unspecified atom stereocenters. The maximum atomic E-state index is 13.6. The van der Waals surface area contributed by atoms with E-state index in [2.05, 4.69) is 11.5 Å². The van der Waals surface area contributed by atoms with Crippen molar-refractivity contribution in [2.75, 3.05) is 0 Å². The average Bonchev–Trinajstić information content (AvgIpc) is 2.86. The topological polar surface area (TPSA) is 17.8 Å². The van der Waals surface area contributed by atoms with Crippen molar-refractivity contribution in [2.45, 2.75) is 38.6 Å². The molecule has 0 aliphatic heterocycles. The fourth-order valence-electron chi connectivity index (χ4n) is 3.74. The second-order valence-electron chi connectivity index (χ2n) is 6.67. The Morgan fingerprint density at radius 3 is 2.62 bits per heavy atom. The molecule has 1 saturated carbocycles. The lowest BCUT2D eigenvalue weighted by molar-refractivity contribution is 0.233. The molecule has 24 heavy (non-hydrogen) atoms. The minimum absolute atomic E-state index is 0.231. The van der Waals surface area contributed by atoms with Gasteiger partial charge in [0.2, 0.25) is 0 Å². The van der Waals surface area contributed by atoms with Crippen LogP contribution in [0.1, 0.15) is 43.5 Å². The minimum Gasteiger partial charge on any atom is -0.323 e. The van der Waals surface area contributed by atoms with Gasteiger partial charge < -0.3 is 4.57 Å².